The van der Waals surface area contributed by atoms with Crippen molar-refractivity contribution in [3.8, 4) is 17.1 Å². The predicted molar refractivity (Wildman–Crippen MR) is 129 cm³/mol. The number of anilines is 1. The van der Waals surface area contributed by atoms with Crippen LogP contribution in [0, 0.1) is 0 Å². The summed E-state index contributed by atoms with van der Waals surface area (Å²) in [6.07, 6.45) is 3.64. The van der Waals surface area contributed by atoms with E-state index in [0.717, 1.165) is 34.7 Å². The summed E-state index contributed by atoms with van der Waals surface area (Å²) in [7, 11) is 0. The van der Waals surface area contributed by atoms with Crippen molar-refractivity contribution in [2.45, 2.75) is 45.8 Å². The molecule has 34 heavy (non-hydrogen) atoms. The fourth-order valence-corrected chi connectivity index (χ4v) is 3.79. The molecule has 1 aliphatic heterocycles. The van der Waals surface area contributed by atoms with Gasteiger partial charge in [0.2, 0.25) is 0 Å². The van der Waals surface area contributed by atoms with Crippen molar-refractivity contribution in [2.24, 2.45) is 0 Å². The van der Waals surface area contributed by atoms with E-state index in [0.29, 0.717) is 38.5 Å². The molecular weight excluding hydrogens is 436 g/mol. The number of carbonyl (C=O) groups excluding carboxylic acids is 1. The molecule has 0 unspecified atom stereocenters. The number of ether oxygens (including phenoxy) is 3. The first kappa shape index (κ1) is 23.7. The third kappa shape index (κ3) is 5.74. The molecule has 2 N–H and O–H groups in total. The van der Waals surface area contributed by atoms with Gasteiger partial charge in [0.1, 0.15) is 28.4 Å². The van der Waals surface area contributed by atoms with E-state index in [1.165, 1.54) is 0 Å². The molecule has 3 aromatic rings. The summed E-state index contributed by atoms with van der Waals surface area (Å²) in [5.41, 5.74) is 1.72. The van der Waals surface area contributed by atoms with E-state index < -0.39 is 11.7 Å². The molecule has 182 valence electrons. The van der Waals surface area contributed by atoms with Gasteiger partial charge >= 0.3 is 6.09 Å². The molecule has 0 spiro atoms. The second kappa shape index (κ2) is 10.3. The summed E-state index contributed by atoms with van der Waals surface area (Å²) in [5, 5.41) is 10.7. The molecule has 1 aliphatic rings. The van der Waals surface area contributed by atoms with Crippen LogP contribution in [0.2, 0.25) is 0 Å². The number of nitrogens with zero attached hydrogens (tertiary/aromatic N) is 4. The van der Waals surface area contributed by atoms with Crippen LogP contribution in [0.5, 0.6) is 5.75 Å². The Kier molecular flexibility index (Phi) is 7.16. The minimum absolute atomic E-state index is 0.192. The maximum absolute atomic E-state index is 11.9. The summed E-state index contributed by atoms with van der Waals surface area (Å²) < 4.78 is 17.1. The zero-order chi connectivity index (χ0) is 24.1. The van der Waals surface area contributed by atoms with E-state index in [4.69, 9.17) is 19.2 Å². The van der Waals surface area contributed by atoms with Crippen LogP contribution in [-0.2, 0) is 9.47 Å². The quantitative estimate of drug-likeness (QED) is 0.506. The van der Waals surface area contributed by atoms with Crippen molar-refractivity contribution < 1.29 is 19.0 Å². The van der Waals surface area contributed by atoms with Crippen LogP contribution in [0.15, 0.2) is 30.6 Å². The van der Waals surface area contributed by atoms with E-state index in [9.17, 15) is 4.79 Å². The number of fused-ring (bicyclic) bond motifs is 1. The van der Waals surface area contributed by atoms with E-state index in [1.54, 1.807) is 12.4 Å². The molecule has 10 nitrogen and oxygen atoms in total. The van der Waals surface area contributed by atoms with Crippen LogP contribution < -0.4 is 15.0 Å². The van der Waals surface area contributed by atoms with Gasteiger partial charge in [0.25, 0.3) is 0 Å². The second-order valence-electron chi connectivity index (χ2n) is 9.25. The minimum Gasteiger partial charge on any atom is -0.493 e. The van der Waals surface area contributed by atoms with Crippen LogP contribution in [0.3, 0.4) is 0 Å². The van der Waals surface area contributed by atoms with Gasteiger partial charge in [-0.3, -0.25) is 10.1 Å². The van der Waals surface area contributed by atoms with Crippen LogP contribution in [0.25, 0.3) is 22.3 Å². The summed E-state index contributed by atoms with van der Waals surface area (Å²) in [5.74, 6) is 1.54. The average Bonchev–Trinajstić information content (AvgIpc) is 3.32. The van der Waals surface area contributed by atoms with Crippen LogP contribution in [0.1, 0.15) is 34.1 Å². The smallest absolute Gasteiger partial charge is 0.407 e. The highest BCUT2D eigenvalue weighted by atomic mass is 16.6. The van der Waals surface area contributed by atoms with Crippen LogP contribution in [0.4, 0.5) is 10.6 Å². The van der Waals surface area contributed by atoms with E-state index in [1.807, 2.05) is 39.0 Å². The summed E-state index contributed by atoms with van der Waals surface area (Å²) in [4.78, 5) is 23.6. The number of hydrogen-bond acceptors (Lipinski definition) is 8. The number of hydrogen-bond donors (Lipinski definition) is 2. The lowest BCUT2D eigenvalue weighted by molar-refractivity contribution is 0.0525. The lowest BCUT2D eigenvalue weighted by atomic mass is 10.1. The molecule has 3 aromatic heterocycles. The van der Waals surface area contributed by atoms with Gasteiger partial charge < -0.3 is 24.4 Å². The molecule has 0 aliphatic carbocycles. The van der Waals surface area contributed by atoms with Gasteiger partial charge in [-0.05, 0) is 46.2 Å². The molecule has 1 fully saturated rings. The Morgan fingerprint density at radius 2 is 2.18 bits per heavy atom. The van der Waals surface area contributed by atoms with Crippen molar-refractivity contribution in [1.82, 2.24) is 25.5 Å². The van der Waals surface area contributed by atoms with Crippen molar-refractivity contribution in [3.63, 3.8) is 0 Å². The summed E-state index contributed by atoms with van der Waals surface area (Å²) in [6.45, 7) is 10.5. The number of H-pyrrole nitrogens is 1. The monoisotopic (exact) mass is 468 g/mol. The highest BCUT2D eigenvalue weighted by Crippen LogP contribution is 2.34. The molecule has 4 heterocycles. The molecule has 0 radical (unpaired) electrons. The maximum Gasteiger partial charge on any atom is 0.407 e. The molecule has 4 rings (SSSR count). The van der Waals surface area contributed by atoms with Gasteiger partial charge in [-0.1, -0.05) is 0 Å². The molecule has 0 saturated carbocycles. The Labute approximate surface area is 199 Å². The SMILES string of the molecule is C[C@@H]1COCCN1c1cc(OCCCNC(=O)OC(C)(C)C)c2ccnc(-c3ccn[nH]3)c2n1. The molecule has 1 atom stereocenters. The zero-order valence-corrected chi connectivity index (χ0v) is 20.1. The largest absolute Gasteiger partial charge is 0.493 e. The molecule has 10 heteroatoms. The summed E-state index contributed by atoms with van der Waals surface area (Å²) in [6, 6.07) is 5.94. The maximum atomic E-state index is 11.9. The van der Waals surface area contributed by atoms with Gasteiger partial charge in [0, 0.05) is 36.9 Å². The van der Waals surface area contributed by atoms with Gasteiger partial charge in [0.05, 0.1) is 31.6 Å². The fraction of sp³-hybridized carbons (Fsp3) is 0.500. The number of aromatic amines is 1. The highest BCUT2D eigenvalue weighted by molar-refractivity contribution is 5.95. The van der Waals surface area contributed by atoms with Crippen LogP contribution in [-0.4, -0.2) is 70.8 Å². The Bertz CT molecular complexity index is 1110. The lowest BCUT2D eigenvalue weighted by Crippen LogP contribution is -2.44. The first-order valence-electron chi connectivity index (χ1n) is 11.6. The topological polar surface area (TPSA) is 114 Å². The summed E-state index contributed by atoms with van der Waals surface area (Å²) >= 11 is 0. The van der Waals surface area contributed by atoms with Crippen LogP contribution >= 0.6 is 0 Å². The standard InChI is InChI=1S/C24H32N6O4/c1-16-15-32-13-11-30(16)20-14-19(33-12-5-8-26-23(31)34-24(2,3)4)17-6-9-25-22(21(17)28-20)18-7-10-27-29-18/h6-7,9-10,14,16H,5,8,11-13,15H2,1-4H3,(H,26,31)(H,27,29)/t16-/m1/s1. The van der Waals surface area contributed by atoms with Crippen molar-refractivity contribution in [2.75, 3.05) is 37.8 Å². The zero-order valence-electron chi connectivity index (χ0n) is 20.1. The normalized spacial score (nSPS) is 16.5. The number of pyridine rings is 2. The Balaban J connectivity index is 1.55. The third-order valence-electron chi connectivity index (χ3n) is 5.34. The number of morpholine rings is 1. The lowest BCUT2D eigenvalue weighted by Gasteiger charge is -2.34. The van der Waals surface area contributed by atoms with Crippen molar-refractivity contribution >= 4 is 22.8 Å². The number of nitrogens with one attached hydrogen (secondary N) is 2. The van der Waals surface area contributed by atoms with Gasteiger partial charge in [0.15, 0.2) is 0 Å². The van der Waals surface area contributed by atoms with Gasteiger partial charge in [-0.15, -0.1) is 0 Å². The minimum atomic E-state index is -0.524. The molecule has 1 saturated heterocycles. The van der Waals surface area contributed by atoms with E-state index in [2.05, 4.69) is 32.3 Å². The number of aromatic nitrogens is 4. The Hall–Kier alpha value is -3.40. The molecule has 1 amide bonds. The second-order valence-corrected chi connectivity index (χ2v) is 9.25. The third-order valence-corrected chi connectivity index (χ3v) is 5.34. The molecule has 0 aromatic carbocycles. The van der Waals surface area contributed by atoms with E-state index in [-0.39, 0.29) is 6.04 Å². The predicted octanol–water partition coefficient (Wildman–Crippen LogP) is 3.54. The Morgan fingerprint density at radius 3 is 2.91 bits per heavy atom. The number of carbonyl (C=O) groups is 1. The van der Waals surface area contributed by atoms with Gasteiger partial charge in [-0.2, -0.15) is 5.10 Å². The highest BCUT2D eigenvalue weighted by Gasteiger charge is 2.23. The number of amides is 1. The number of rotatable bonds is 7. The molecule has 0 bridgehead atoms. The average molecular weight is 469 g/mol. The van der Waals surface area contributed by atoms with Gasteiger partial charge in [-0.25, -0.2) is 9.78 Å². The van der Waals surface area contributed by atoms with Crippen molar-refractivity contribution in [3.05, 3.63) is 30.6 Å². The first-order chi connectivity index (χ1) is 16.3. The van der Waals surface area contributed by atoms with E-state index >= 15 is 0 Å². The Morgan fingerprint density at radius 1 is 1.32 bits per heavy atom. The fourth-order valence-electron chi connectivity index (χ4n) is 3.79. The number of alkyl carbamates (subject to hydrolysis) is 1. The first-order valence-corrected chi connectivity index (χ1v) is 11.6. The molecular formula is C24H32N6O4. The van der Waals surface area contributed by atoms with Crippen molar-refractivity contribution in [1.29, 1.82) is 0 Å².